The van der Waals surface area contributed by atoms with Crippen molar-refractivity contribution in [2.75, 3.05) is 18.0 Å². The molecule has 5 nitrogen and oxygen atoms in total. The molecule has 0 amide bonds. The minimum Gasteiger partial charge on any atom is -0.478 e. The lowest BCUT2D eigenvalue weighted by Crippen LogP contribution is -2.39. The van der Waals surface area contributed by atoms with Crippen molar-refractivity contribution in [3.63, 3.8) is 0 Å². The van der Waals surface area contributed by atoms with E-state index in [1.54, 1.807) is 0 Å². The molecule has 1 saturated heterocycles. The first-order chi connectivity index (χ1) is 8.54. The van der Waals surface area contributed by atoms with Gasteiger partial charge < -0.3 is 10.0 Å². The Labute approximate surface area is 107 Å². The second-order valence-corrected chi connectivity index (χ2v) is 5.23. The summed E-state index contributed by atoms with van der Waals surface area (Å²) in [6.45, 7) is 6.43. The van der Waals surface area contributed by atoms with Gasteiger partial charge in [0.05, 0.1) is 5.56 Å². The maximum atomic E-state index is 10.7. The quantitative estimate of drug-likeness (QED) is 0.889. The van der Waals surface area contributed by atoms with Crippen molar-refractivity contribution in [2.45, 2.75) is 33.1 Å². The molecule has 0 aliphatic carbocycles. The van der Waals surface area contributed by atoms with Gasteiger partial charge in [0.25, 0.3) is 0 Å². The van der Waals surface area contributed by atoms with Gasteiger partial charge in [-0.1, -0.05) is 20.3 Å². The van der Waals surface area contributed by atoms with Crippen molar-refractivity contribution < 1.29 is 9.90 Å². The summed E-state index contributed by atoms with van der Waals surface area (Å²) in [5, 5.41) is 8.79. The molecule has 2 heterocycles. The van der Waals surface area contributed by atoms with Gasteiger partial charge in [0.15, 0.2) is 0 Å². The van der Waals surface area contributed by atoms with Gasteiger partial charge in [0.1, 0.15) is 0 Å². The zero-order valence-electron chi connectivity index (χ0n) is 10.9. The predicted molar refractivity (Wildman–Crippen MR) is 68.8 cm³/mol. The molecule has 98 valence electrons. The fraction of sp³-hybridized carbons (Fsp3) is 0.615. The molecule has 0 atom stereocenters. The summed E-state index contributed by atoms with van der Waals surface area (Å²) < 4.78 is 0. The van der Waals surface area contributed by atoms with Crippen LogP contribution in [0.3, 0.4) is 0 Å². The number of aromatic nitrogens is 2. The maximum Gasteiger partial charge on any atom is 0.338 e. The number of piperidine rings is 1. The smallest absolute Gasteiger partial charge is 0.338 e. The molecule has 0 saturated carbocycles. The van der Waals surface area contributed by atoms with Crippen LogP contribution in [0, 0.1) is 5.41 Å². The van der Waals surface area contributed by atoms with Gasteiger partial charge in [-0.15, -0.1) is 0 Å². The number of hydrogen-bond donors (Lipinski definition) is 1. The Bertz CT molecular complexity index is 422. The van der Waals surface area contributed by atoms with Gasteiger partial charge in [0.2, 0.25) is 5.95 Å². The molecule has 1 aromatic heterocycles. The summed E-state index contributed by atoms with van der Waals surface area (Å²) in [5.41, 5.74) is 0.562. The van der Waals surface area contributed by atoms with Gasteiger partial charge in [0, 0.05) is 25.5 Å². The summed E-state index contributed by atoms with van der Waals surface area (Å²) >= 11 is 0. The Morgan fingerprint density at radius 1 is 1.39 bits per heavy atom. The Morgan fingerprint density at radius 2 is 1.94 bits per heavy atom. The standard InChI is InChI=1S/C13H19N3O2/c1-3-13(2)4-6-16(7-5-13)12-14-8-10(9-15-12)11(17)18/h8-9H,3-7H2,1-2H3,(H,17,18). The minimum absolute atomic E-state index is 0.133. The van der Waals surface area contributed by atoms with Crippen LogP contribution in [-0.2, 0) is 0 Å². The summed E-state index contributed by atoms with van der Waals surface area (Å²) in [6, 6.07) is 0. The highest BCUT2D eigenvalue weighted by Gasteiger charge is 2.29. The summed E-state index contributed by atoms with van der Waals surface area (Å²) in [7, 11) is 0. The van der Waals surface area contributed by atoms with E-state index in [0.29, 0.717) is 11.4 Å². The Balaban J connectivity index is 2.03. The van der Waals surface area contributed by atoms with Crippen LogP contribution in [0.25, 0.3) is 0 Å². The van der Waals surface area contributed by atoms with Gasteiger partial charge >= 0.3 is 5.97 Å². The Hall–Kier alpha value is -1.65. The van der Waals surface area contributed by atoms with Crippen LogP contribution < -0.4 is 4.90 Å². The SMILES string of the molecule is CCC1(C)CCN(c2ncc(C(=O)O)cn2)CC1. The summed E-state index contributed by atoms with van der Waals surface area (Å²) in [4.78, 5) is 21.1. The fourth-order valence-electron chi connectivity index (χ4n) is 2.20. The number of anilines is 1. The normalized spacial score (nSPS) is 18.7. The average Bonchev–Trinajstić information content (AvgIpc) is 2.40. The van der Waals surface area contributed by atoms with Crippen LogP contribution >= 0.6 is 0 Å². The molecule has 18 heavy (non-hydrogen) atoms. The van der Waals surface area contributed by atoms with E-state index in [1.165, 1.54) is 18.8 Å². The van der Waals surface area contributed by atoms with Crippen LogP contribution in [0.4, 0.5) is 5.95 Å². The highest BCUT2D eigenvalue weighted by Crippen LogP contribution is 2.34. The van der Waals surface area contributed by atoms with Gasteiger partial charge in [-0.2, -0.15) is 0 Å². The first-order valence-electron chi connectivity index (χ1n) is 6.34. The molecule has 0 aromatic carbocycles. The number of carbonyl (C=O) groups is 1. The molecule has 1 aromatic rings. The predicted octanol–water partition coefficient (Wildman–Crippen LogP) is 2.19. The van der Waals surface area contributed by atoms with Crippen molar-refractivity contribution >= 4 is 11.9 Å². The first kappa shape index (κ1) is 12.8. The van der Waals surface area contributed by atoms with Crippen LogP contribution in [-0.4, -0.2) is 34.1 Å². The van der Waals surface area contributed by atoms with Crippen LogP contribution in [0.2, 0.25) is 0 Å². The minimum atomic E-state index is -0.987. The monoisotopic (exact) mass is 249 g/mol. The molecule has 1 fully saturated rings. The highest BCUT2D eigenvalue weighted by atomic mass is 16.4. The van der Waals surface area contributed by atoms with Gasteiger partial charge in [-0.3, -0.25) is 0 Å². The molecular formula is C13H19N3O2. The first-order valence-corrected chi connectivity index (χ1v) is 6.34. The zero-order valence-corrected chi connectivity index (χ0v) is 10.9. The third kappa shape index (κ3) is 2.60. The lowest BCUT2D eigenvalue weighted by atomic mass is 9.78. The molecule has 1 aliphatic rings. The molecular weight excluding hydrogens is 230 g/mol. The number of rotatable bonds is 3. The van der Waals surface area contributed by atoms with E-state index in [0.717, 1.165) is 25.9 Å². The molecule has 0 bridgehead atoms. The van der Waals surface area contributed by atoms with Crippen LogP contribution in [0.1, 0.15) is 43.5 Å². The van der Waals surface area contributed by atoms with Gasteiger partial charge in [-0.25, -0.2) is 14.8 Å². The van der Waals surface area contributed by atoms with Crippen LogP contribution in [0.5, 0.6) is 0 Å². The van der Waals surface area contributed by atoms with Crippen molar-refractivity contribution in [3.8, 4) is 0 Å². The molecule has 1 N–H and O–H groups in total. The zero-order chi connectivity index (χ0) is 13.2. The van der Waals surface area contributed by atoms with E-state index in [1.807, 2.05) is 0 Å². The van der Waals surface area contributed by atoms with E-state index in [-0.39, 0.29) is 5.56 Å². The van der Waals surface area contributed by atoms with Crippen molar-refractivity contribution in [3.05, 3.63) is 18.0 Å². The van der Waals surface area contributed by atoms with E-state index < -0.39 is 5.97 Å². The van der Waals surface area contributed by atoms with E-state index in [9.17, 15) is 4.79 Å². The largest absolute Gasteiger partial charge is 0.478 e. The average molecular weight is 249 g/mol. The van der Waals surface area contributed by atoms with Gasteiger partial charge in [-0.05, 0) is 18.3 Å². The Morgan fingerprint density at radius 3 is 2.39 bits per heavy atom. The van der Waals surface area contributed by atoms with Crippen molar-refractivity contribution in [2.24, 2.45) is 5.41 Å². The third-order valence-electron chi connectivity index (χ3n) is 3.99. The lowest BCUT2D eigenvalue weighted by molar-refractivity contribution is 0.0696. The molecule has 1 aliphatic heterocycles. The Kier molecular flexibility index (Phi) is 3.50. The van der Waals surface area contributed by atoms with Crippen LogP contribution in [0.15, 0.2) is 12.4 Å². The molecule has 2 rings (SSSR count). The third-order valence-corrected chi connectivity index (χ3v) is 3.99. The molecule has 0 radical (unpaired) electrons. The molecule has 0 spiro atoms. The second-order valence-electron chi connectivity index (χ2n) is 5.23. The molecule has 5 heteroatoms. The number of carboxylic acids is 1. The van der Waals surface area contributed by atoms with Crippen molar-refractivity contribution in [1.29, 1.82) is 0 Å². The van der Waals surface area contributed by atoms with E-state index >= 15 is 0 Å². The van der Waals surface area contributed by atoms with E-state index in [4.69, 9.17) is 5.11 Å². The fourth-order valence-corrected chi connectivity index (χ4v) is 2.20. The molecule has 0 unspecified atom stereocenters. The number of carboxylic acid groups (broad SMARTS) is 1. The number of aromatic carboxylic acids is 1. The lowest BCUT2D eigenvalue weighted by Gasteiger charge is -2.38. The summed E-state index contributed by atoms with van der Waals surface area (Å²) in [6.07, 6.45) is 6.21. The van der Waals surface area contributed by atoms with Crippen molar-refractivity contribution in [1.82, 2.24) is 9.97 Å². The topological polar surface area (TPSA) is 66.3 Å². The highest BCUT2D eigenvalue weighted by molar-refractivity contribution is 5.86. The number of hydrogen-bond acceptors (Lipinski definition) is 4. The summed E-state index contributed by atoms with van der Waals surface area (Å²) in [5.74, 6) is -0.350. The second kappa shape index (κ2) is 4.92. The maximum absolute atomic E-state index is 10.7. The van der Waals surface area contributed by atoms with E-state index in [2.05, 4.69) is 28.7 Å². The number of nitrogens with zero attached hydrogens (tertiary/aromatic N) is 3.